The monoisotopic (exact) mass is 304 g/mol. The van der Waals surface area contributed by atoms with Gasteiger partial charge in [0.25, 0.3) is 5.91 Å². The third-order valence-corrected chi connectivity index (χ3v) is 3.76. The van der Waals surface area contributed by atoms with Gasteiger partial charge in [0.05, 0.1) is 24.0 Å². The molecule has 22 heavy (non-hydrogen) atoms. The smallest absolute Gasteiger partial charge is 0.358 e. The Hall–Kier alpha value is -2.71. The van der Waals surface area contributed by atoms with Crippen LogP contribution in [0.1, 0.15) is 40.2 Å². The second-order valence-electron chi connectivity index (χ2n) is 5.17. The fourth-order valence-corrected chi connectivity index (χ4v) is 2.52. The molecule has 3 heterocycles. The number of hydrogen-bond donors (Lipinski definition) is 1. The highest BCUT2D eigenvalue weighted by Gasteiger charge is 2.29. The van der Waals surface area contributed by atoms with Gasteiger partial charge in [-0.2, -0.15) is 5.10 Å². The summed E-state index contributed by atoms with van der Waals surface area (Å²) in [6.45, 7) is 3.76. The number of hydrogen-bond acceptors (Lipinski definition) is 5. The van der Waals surface area contributed by atoms with Crippen LogP contribution in [0.25, 0.3) is 0 Å². The number of likely N-dealkylation sites (tertiary alicyclic amines) is 1. The molecule has 1 aliphatic rings. The number of aryl methyl sites for hydroxylation is 1. The quantitative estimate of drug-likeness (QED) is 0.869. The Labute approximate surface area is 126 Å². The van der Waals surface area contributed by atoms with Crippen LogP contribution in [-0.2, 0) is 6.54 Å². The van der Waals surface area contributed by atoms with E-state index in [-0.39, 0.29) is 17.6 Å². The predicted octanol–water partition coefficient (Wildman–Crippen LogP) is 0.280. The van der Waals surface area contributed by atoms with Gasteiger partial charge in [0.2, 0.25) is 0 Å². The highest BCUT2D eigenvalue weighted by Crippen LogP contribution is 2.22. The number of aromatic carboxylic acids is 1. The number of rotatable bonds is 4. The van der Waals surface area contributed by atoms with E-state index in [0.717, 1.165) is 6.42 Å². The minimum Gasteiger partial charge on any atom is -0.476 e. The van der Waals surface area contributed by atoms with Gasteiger partial charge in [-0.15, -0.1) is 5.10 Å². The fourth-order valence-electron chi connectivity index (χ4n) is 2.52. The van der Waals surface area contributed by atoms with E-state index in [1.165, 1.54) is 10.9 Å². The van der Waals surface area contributed by atoms with E-state index in [2.05, 4.69) is 15.4 Å². The molecular weight excluding hydrogens is 288 g/mol. The van der Waals surface area contributed by atoms with E-state index in [1.807, 2.05) is 6.92 Å². The Kier molecular flexibility index (Phi) is 3.61. The number of carbonyl (C=O) groups is 2. The average molecular weight is 304 g/mol. The number of amides is 1. The lowest BCUT2D eigenvalue weighted by atomic mass is 10.3. The molecule has 0 bridgehead atoms. The lowest BCUT2D eigenvalue weighted by Gasteiger charge is -2.15. The van der Waals surface area contributed by atoms with Crippen molar-refractivity contribution < 1.29 is 14.7 Å². The Morgan fingerprint density at radius 2 is 2.23 bits per heavy atom. The van der Waals surface area contributed by atoms with E-state index in [9.17, 15) is 9.59 Å². The molecule has 2 aromatic rings. The zero-order chi connectivity index (χ0) is 15.7. The number of carboxylic acids is 1. The van der Waals surface area contributed by atoms with E-state index in [0.29, 0.717) is 25.2 Å². The normalized spacial score (nSPS) is 17.9. The van der Waals surface area contributed by atoms with Gasteiger partial charge in [0, 0.05) is 25.8 Å². The average Bonchev–Trinajstić information content (AvgIpc) is 3.24. The molecule has 1 atom stereocenters. The van der Waals surface area contributed by atoms with Crippen LogP contribution in [0, 0.1) is 0 Å². The van der Waals surface area contributed by atoms with Gasteiger partial charge in [-0.25, -0.2) is 9.48 Å². The van der Waals surface area contributed by atoms with E-state index in [1.54, 1.807) is 22.0 Å². The van der Waals surface area contributed by atoms with Crippen LogP contribution >= 0.6 is 0 Å². The van der Waals surface area contributed by atoms with Crippen LogP contribution in [-0.4, -0.2) is 59.7 Å². The summed E-state index contributed by atoms with van der Waals surface area (Å²) in [6.07, 6.45) is 5.41. The van der Waals surface area contributed by atoms with Gasteiger partial charge >= 0.3 is 5.97 Å². The summed E-state index contributed by atoms with van der Waals surface area (Å²) in [4.78, 5) is 25.0. The molecule has 116 valence electrons. The van der Waals surface area contributed by atoms with Crippen LogP contribution in [0.15, 0.2) is 18.6 Å². The van der Waals surface area contributed by atoms with Gasteiger partial charge < -0.3 is 10.0 Å². The summed E-state index contributed by atoms with van der Waals surface area (Å²) in [7, 11) is 0. The van der Waals surface area contributed by atoms with Crippen molar-refractivity contribution in [2.45, 2.75) is 25.9 Å². The minimum atomic E-state index is -1.11. The fraction of sp³-hybridized carbons (Fsp3) is 0.462. The van der Waals surface area contributed by atoms with Crippen molar-refractivity contribution in [2.24, 2.45) is 0 Å². The van der Waals surface area contributed by atoms with Gasteiger partial charge in [0.15, 0.2) is 5.69 Å². The van der Waals surface area contributed by atoms with Crippen LogP contribution in [0.3, 0.4) is 0 Å². The standard InChI is InChI=1S/C13H16N6O3/c1-2-18-6-9(5-14-18)12(20)17-4-3-10(7-17)19-8-11(13(21)22)15-16-19/h5-6,8,10H,2-4,7H2,1H3,(H,21,22). The molecule has 0 aromatic carbocycles. The Morgan fingerprint density at radius 3 is 2.86 bits per heavy atom. The molecule has 9 nitrogen and oxygen atoms in total. The summed E-state index contributed by atoms with van der Waals surface area (Å²) < 4.78 is 3.23. The molecule has 0 radical (unpaired) electrons. The molecule has 1 N–H and O–H groups in total. The number of carboxylic acid groups (broad SMARTS) is 1. The van der Waals surface area contributed by atoms with Gasteiger partial charge in [-0.05, 0) is 13.3 Å². The van der Waals surface area contributed by atoms with E-state index >= 15 is 0 Å². The van der Waals surface area contributed by atoms with E-state index < -0.39 is 5.97 Å². The molecule has 0 aliphatic carbocycles. The summed E-state index contributed by atoms with van der Waals surface area (Å²) in [5, 5.41) is 20.4. The second-order valence-corrected chi connectivity index (χ2v) is 5.17. The van der Waals surface area contributed by atoms with Crippen molar-refractivity contribution in [3.63, 3.8) is 0 Å². The predicted molar refractivity (Wildman–Crippen MR) is 74.4 cm³/mol. The van der Waals surface area contributed by atoms with Crippen molar-refractivity contribution in [3.8, 4) is 0 Å². The SMILES string of the molecule is CCn1cc(C(=O)N2CCC(n3cc(C(=O)O)nn3)C2)cn1. The Bertz CT molecular complexity index is 706. The first kappa shape index (κ1) is 14.2. The zero-order valence-corrected chi connectivity index (χ0v) is 12.1. The largest absolute Gasteiger partial charge is 0.476 e. The first-order chi connectivity index (χ1) is 10.6. The molecule has 1 unspecified atom stereocenters. The van der Waals surface area contributed by atoms with E-state index in [4.69, 9.17) is 5.11 Å². The maximum atomic E-state index is 12.4. The van der Waals surface area contributed by atoms with Crippen LogP contribution < -0.4 is 0 Å². The number of carbonyl (C=O) groups excluding carboxylic acids is 1. The van der Waals surface area contributed by atoms with Crippen molar-refractivity contribution >= 4 is 11.9 Å². The van der Waals surface area contributed by atoms with Gasteiger partial charge in [0.1, 0.15) is 0 Å². The molecule has 0 saturated carbocycles. The molecule has 2 aromatic heterocycles. The van der Waals surface area contributed by atoms with Crippen molar-refractivity contribution in [3.05, 3.63) is 29.8 Å². The Balaban J connectivity index is 1.68. The molecule has 1 fully saturated rings. The first-order valence-electron chi connectivity index (χ1n) is 7.05. The third kappa shape index (κ3) is 2.57. The van der Waals surface area contributed by atoms with Crippen molar-refractivity contribution in [1.29, 1.82) is 0 Å². The van der Waals surface area contributed by atoms with Gasteiger partial charge in [-0.1, -0.05) is 5.21 Å². The summed E-state index contributed by atoms with van der Waals surface area (Å²) >= 11 is 0. The minimum absolute atomic E-state index is 0.0502. The van der Waals surface area contributed by atoms with Crippen molar-refractivity contribution in [1.82, 2.24) is 29.7 Å². The molecule has 3 rings (SSSR count). The molecule has 1 saturated heterocycles. The number of nitrogens with zero attached hydrogens (tertiary/aromatic N) is 6. The molecule has 1 aliphatic heterocycles. The summed E-state index contributed by atoms with van der Waals surface area (Å²) in [5.74, 6) is -1.18. The zero-order valence-electron chi connectivity index (χ0n) is 12.1. The first-order valence-corrected chi connectivity index (χ1v) is 7.05. The summed E-state index contributed by atoms with van der Waals surface area (Å²) in [6, 6.07) is -0.0502. The molecular formula is C13H16N6O3. The second kappa shape index (κ2) is 5.58. The lowest BCUT2D eigenvalue weighted by molar-refractivity contribution is 0.0689. The Morgan fingerprint density at radius 1 is 1.41 bits per heavy atom. The molecule has 0 spiro atoms. The lowest BCUT2D eigenvalue weighted by Crippen LogP contribution is -2.29. The molecule has 1 amide bonds. The number of aromatic nitrogens is 5. The maximum absolute atomic E-state index is 12.4. The van der Waals surface area contributed by atoms with Crippen LogP contribution in [0.2, 0.25) is 0 Å². The van der Waals surface area contributed by atoms with Crippen molar-refractivity contribution in [2.75, 3.05) is 13.1 Å². The van der Waals surface area contributed by atoms with Crippen LogP contribution in [0.4, 0.5) is 0 Å². The third-order valence-electron chi connectivity index (χ3n) is 3.76. The highest BCUT2D eigenvalue weighted by molar-refractivity contribution is 5.93. The van der Waals surface area contributed by atoms with Gasteiger partial charge in [-0.3, -0.25) is 9.48 Å². The highest BCUT2D eigenvalue weighted by atomic mass is 16.4. The topological polar surface area (TPSA) is 106 Å². The summed E-state index contributed by atoms with van der Waals surface area (Å²) in [5.41, 5.74) is 0.473. The van der Waals surface area contributed by atoms with Crippen LogP contribution in [0.5, 0.6) is 0 Å². The molecule has 9 heteroatoms. The maximum Gasteiger partial charge on any atom is 0.358 e.